The molecule has 0 spiro atoms. The van der Waals surface area contributed by atoms with Crippen molar-refractivity contribution in [2.24, 2.45) is 4.99 Å². The minimum absolute atomic E-state index is 0.248. The van der Waals surface area contributed by atoms with Gasteiger partial charge in [-0.05, 0) is 73.7 Å². The molecule has 9 nitrogen and oxygen atoms in total. The Morgan fingerprint density at radius 2 is 1.68 bits per heavy atom. The van der Waals surface area contributed by atoms with Crippen LogP contribution >= 0.6 is 11.3 Å². The number of nitrogens with zero attached hydrogens (tertiary/aromatic N) is 5. The molecule has 2 amide bonds. The maximum atomic E-state index is 13.1. The summed E-state index contributed by atoms with van der Waals surface area (Å²) in [5.74, 6) is 1.08. The van der Waals surface area contributed by atoms with Gasteiger partial charge in [-0.2, -0.15) is 4.99 Å². The largest absolute Gasteiger partial charge is 0.573 e. The highest BCUT2D eigenvalue weighted by molar-refractivity contribution is 7.07. The van der Waals surface area contributed by atoms with Crippen LogP contribution in [0.2, 0.25) is 0 Å². The Morgan fingerprint density at radius 1 is 1.00 bits per heavy atom. The summed E-state index contributed by atoms with van der Waals surface area (Å²) in [7, 11) is 1.62. The van der Waals surface area contributed by atoms with E-state index in [0.717, 1.165) is 39.4 Å². The Labute approximate surface area is 273 Å². The summed E-state index contributed by atoms with van der Waals surface area (Å²) in [6.45, 7) is 9.94. The minimum atomic E-state index is -4.76. The molecule has 0 unspecified atom stereocenters. The maximum Gasteiger partial charge on any atom is 0.573 e. The highest BCUT2D eigenvalue weighted by Crippen LogP contribution is 2.28. The number of amides is 2. The van der Waals surface area contributed by atoms with Crippen molar-refractivity contribution in [3.8, 4) is 34.3 Å². The summed E-state index contributed by atoms with van der Waals surface area (Å²) >= 11 is 1.39. The van der Waals surface area contributed by atoms with E-state index in [4.69, 9.17) is 4.74 Å². The normalized spacial score (nSPS) is 12.7. The van der Waals surface area contributed by atoms with Crippen LogP contribution in [0.5, 0.6) is 11.5 Å². The number of halogens is 3. The molecule has 13 heteroatoms. The van der Waals surface area contributed by atoms with Gasteiger partial charge in [-0.3, -0.25) is 4.57 Å². The number of rotatable bonds is 8. The summed E-state index contributed by atoms with van der Waals surface area (Å²) in [5, 5.41) is 9.32. The lowest BCUT2D eigenvalue weighted by molar-refractivity contribution is -0.274. The van der Waals surface area contributed by atoms with E-state index in [9.17, 15) is 18.0 Å². The van der Waals surface area contributed by atoms with Gasteiger partial charge in [0.05, 0.1) is 18.5 Å². The topological polar surface area (TPSA) is 95.6 Å². The third-order valence-corrected chi connectivity index (χ3v) is 8.38. The zero-order valence-electron chi connectivity index (χ0n) is 26.6. The van der Waals surface area contributed by atoms with E-state index in [1.54, 1.807) is 7.11 Å². The van der Waals surface area contributed by atoms with Gasteiger partial charge in [-0.25, -0.2) is 14.5 Å². The van der Waals surface area contributed by atoms with E-state index in [2.05, 4.69) is 39.0 Å². The number of nitrogens with one attached hydrogen (secondary N) is 1. The molecule has 2 heterocycles. The maximum absolute atomic E-state index is 13.1. The summed E-state index contributed by atoms with van der Waals surface area (Å²) in [4.78, 5) is 22.4. The smallest absolute Gasteiger partial charge is 0.497 e. The van der Waals surface area contributed by atoms with Gasteiger partial charge in [-0.15, -0.1) is 29.6 Å². The van der Waals surface area contributed by atoms with E-state index in [-0.39, 0.29) is 11.7 Å². The number of urea groups is 1. The second-order valence-electron chi connectivity index (χ2n) is 11.0. The lowest BCUT2D eigenvalue weighted by Gasteiger charge is -2.16. The van der Waals surface area contributed by atoms with Crippen molar-refractivity contribution in [1.82, 2.24) is 24.6 Å². The Hall–Kier alpha value is -5.17. The number of hydrogen-bond donors (Lipinski definition) is 1. The van der Waals surface area contributed by atoms with Crippen LogP contribution in [-0.4, -0.2) is 38.8 Å². The number of aryl methyl sites for hydroxylation is 1. The first-order chi connectivity index (χ1) is 22.3. The molecular weight excluding hydrogens is 629 g/mol. The van der Waals surface area contributed by atoms with Crippen LogP contribution in [0.4, 0.5) is 18.0 Å². The molecule has 3 aromatic carbocycles. The molecule has 0 aliphatic rings. The zero-order valence-corrected chi connectivity index (χ0v) is 27.4. The fourth-order valence-electron chi connectivity index (χ4n) is 4.87. The fraction of sp³-hybridized carbons (Fsp3) is 0.235. The van der Waals surface area contributed by atoms with Crippen molar-refractivity contribution in [3.05, 3.63) is 106 Å². The van der Waals surface area contributed by atoms with Gasteiger partial charge in [0.15, 0.2) is 10.6 Å². The molecule has 2 aromatic heterocycles. The van der Waals surface area contributed by atoms with Crippen LogP contribution in [0, 0.1) is 6.92 Å². The number of benzene rings is 3. The summed E-state index contributed by atoms with van der Waals surface area (Å²) < 4.78 is 50.2. The van der Waals surface area contributed by atoms with Gasteiger partial charge in [0.1, 0.15) is 17.8 Å². The van der Waals surface area contributed by atoms with E-state index in [1.165, 1.54) is 46.6 Å². The Balaban J connectivity index is 1.32. The minimum Gasteiger partial charge on any atom is -0.497 e. The Kier molecular flexibility index (Phi) is 9.66. The van der Waals surface area contributed by atoms with E-state index in [0.29, 0.717) is 22.0 Å². The number of carbonyl (C=O) groups is 1. The van der Waals surface area contributed by atoms with Crippen LogP contribution in [0.25, 0.3) is 28.3 Å². The predicted molar refractivity (Wildman–Crippen MR) is 175 cm³/mol. The van der Waals surface area contributed by atoms with Gasteiger partial charge in [0.25, 0.3) is 0 Å². The van der Waals surface area contributed by atoms with Crippen molar-refractivity contribution in [2.45, 2.75) is 46.9 Å². The number of alkyl halides is 3. The SMILES string of the molecule is COc1ccc(C(C)C)c(-n2c(C)csc2=NC(=O)N/C(C)=C(\C)c2ccc(-c3ncn(-c4ccc(OC(F)(F)F)cc4)n3)cc2)c1. The summed E-state index contributed by atoms with van der Waals surface area (Å²) in [6.07, 6.45) is -3.28. The molecular formula is C34H33F3N6O3S. The molecule has 0 saturated heterocycles. The molecule has 0 aliphatic carbocycles. The predicted octanol–water partition coefficient (Wildman–Crippen LogP) is 8.19. The molecule has 0 aliphatic heterocycles. The number of aromatic nitrogens is 4. The molecule has 5 aromatic rings. The third-order valence-electron chi connectivity index (χ3n) is 7.44. The number of hydrogen-bond acceptors (Lipinski definition) is 6. The molecule has 244 valence electrons. The fourth-order valence-corrected chi connectivity index (χ4v) is 5.74. The highest BCUT2D eigenvalue weighted by atomic mass is 32.1. The summed E-state index contributed by atoms with van der Waals surface area (Å²) in [6, 6.07) is 18.3. The van der Waals surface area contributed by atoms with Gasteiger partial charge in [0.2, 0.25) is 0 Å². The van der Waals surface area contributed by atoms with Crippen molar-refractivity contribution in [1.29, 1.82) is 0 Å². The lowest BCUT2D eigenvalue weighted by atomic mass is 10.0. The van der Waals surface area contributed by atoms with Crippen LogP contribution in [0.3, 0.4) is 0 Å². The van der Waals surface area contributed by atoms with Crippen molar-refractivity contribution in [3.63, 3.8) is 0 Å². The molecule has 0 atom stereocenters. The van der Waals surface area contributed by atoms with Gasteiger partial charge in [-0.1, -0.05) is 44.2 Å². The third kappa shape index (κ3) is 7.80. The quantitative estimate of drug-likeness (QED) is 0.181. The molecule has 0 radical (unpaired) electrons. The molecule has 1 N–H and O–H groups in total. The molecule has 5 rings (SSSR count). The van der Waals surface area contributed by atoms with E-state index in [1.807, 2.05) is 73.2 Å². The first kappa shape index (κ1) is 33.2. The Morgan fingerprint density at radius 3 is 2.32 bits per heavy atom. The lowest BCUT2D eigenvalue weighted by Crippen LogP contribution is -2.24. The molecule has 47 heavy (non-hydrogen) atoms. The van der Waals surface area contributed by atoms with E-state index < -0.39 is 12.4 Å². The number of methoxy groups -OCH3 is 1. The van der Waals surface area contributed by atoms with Crippen LogP contribution < -0.4 is 19.6 Å². The standard InChI is InChI=1S/C34H33F3N6O3S/c1-20(2)29-16-15-28(45-6)17-30(29)43-21(3)18-47-33(43)40-32(44)39-23(5)22(4)24-7-9-25(10-8-24)31-38-19-42(41-31)26-11-13-27(14-12-26)46-34(35,36)37/h7-20H,1-6H3,(H,39,44)/b23-22+,40-33?. The van der Waals surface area contributed by atoms with Crippen LogP contribution in [0.15, 0.2) is 89.1 Å². The average Bonchev–Trinajstić information content (AvgIpc) is 3.67. The van der Waals surface area contributed by atoms with Gasteiger partial charge in [0, 0.05) is 28.4 Å². The number of allylic oxidation sites excluding steroid dienone is 2. The van der Waals surface area contributed by atoms with Crippen molar-refractivity contribution < 1.29 is 27.4 Å². The van der Waals surface area contributed by atoms with Crippen LogP contribution in [0.1, 0.15) is 50.4 Å². The zero-order chi connectivity index (χ0) is 33.9. The monoisotopic (exact) mass is 662 g/mol. The molecule has 0 fully saturated rings. The average molecular weight is 663 g/mol. The Bertz CT molecular complexity index is 1990. The number of thiazole rings is 1. The first-order valence-corrected chi connectivity index (χ1v) is 15.5. The summed E-state index contributed by atoms with van der Waals surface area (Å²) in [5.41, 5.74) is 6.63. The van der Waals surface area contributed by atoms with Gasteiger partial charge < -0.3 is 14.8 Å². The highest BCUT2D eigenvalue weighted by Gasteiger charge is 2.31. The van der Waals surface area contributed by atoms with Crippen molar-refractivity contribution >= 4 is 22.9 Å². The number of ether oxygens (including phenoxy) is 2. The van der Waals surface area contributed by atoms with Crippen molar-refractivity contribution in [2.75, 3.05) is 7.11 Å². The first-order valence-electron chi connectivity index (χ1n) is 14.6. The molecule has 0 saturated carbocycles. The number of carbonyl (C=O) groups excluding carboxylic acids is 1. The second kappa shape index (κ2) is 13.7. The van der Waals surface area contributed by atoms with E-state index >= 15 is 0 Å². The second-order valence-corrected chi connectivity index (χ2v) is 11.8. The van der Waals surface area contributed by atoms with Gasteiger partial charge >= 0.3 is 12.4 Å². The molecule has 0 bridgehead atoms. The van der Waals surface area contributed by atoms with Crippen LogP contribution in [-0.2, 0) is 0 Å².